The average Bonchev–Trinajstić information content (AvgIpc) is 4.12. The SMILES string of the molecule is Cc1ncsc1-c1ccc(C(C)NC(=O)[C@@H]2C[C@@H](O)CN2C(=O)C(c2cc(-c3cnc(N4CC[C@@H](c5cc6cc(-c7ccccc7O)nnc6s5)C4)nc3)no2)C(C)C)cc1. The van der Waals surface area contributed by atoms with Gasteiger partial charge in [-0.2, -0.15) is 0 Å². The first-order valence-electron chi connectivity index (χ1n) is 20.4. The number of fused-ring (bicyclic) bond motifs is 1. The number of aromatic nitrogens is 6. The van der Waals surface area contributed by atoms with Gasteiger partial charge in [-0.25, -0.2) is 15.0 Å². The minimum atomic E-state index is -0.839. The van der Waals surface area contributed by atoms with E-state index in [1.54, 1.807) is 53.3 Å². The van der Waals surface area contributed by atoms with Gasteiger partial charge in [-0.1, -0.05) is 55.4 Å². The molecule has 16 heteroatoms. The first kappa shape index (κ1) is 40.3. The highest BCUT2D eigenvalue weighted by Crippen LogP contribution is 2.38. The van der Waals surface area contributed by atoms with Gasteiger partial charge in [0.05, 0.1) is 33.9 Å². The highest BCUT2D eigenvalue weighted by Gasteiger charge is 2.43. The van der Waals surface area contributed by atoms with Gasteiger partial charge in [-0.3, -0.25) is 9.59 Å². The normalized spacial score (nSPS) is 18.9. The molecular formula is C45H45N9O5S2. The van der Waals surface area contributed by atoms with E-state index in [2.05, 4.69) is 36.6 Å². The van der Waals surface area contributed by atoms with Gasteiger partial charge in [0.15, 0.2) is 0 Å². The largest absolute Gasteiger partial charge is 0.507 e. The average molecular weight is 856 g/mol. The molecule has 5 atom stereocenters. The number of aliphatic hydroxyl groups excluding tert-OH is 1. The van der Waals surface area contributed by atoms with Crippen LogP contribution in [0.1, 0.15) is 73.4 Å². The van der Waals surface area contributed by atoms with Crippen LogP contribution in [0.3, 0.4) is 0 Å². The van der Waals surface area contributed by atoms with Gasteiger partial charge in [0, 0.05) is 71.8 Å². The van der Waals surface area contributed by atoms with Crippen LogP contribution in [0.15, 0.2) is 89.2 Å². The summed E-state index contributed by atoms with van der Waals surface area (Å²) in [5, 5.41) is 38.2. The molecule has 0 radical (unpaired) electrons. The maximum absolute atomic E-state index is 14.3. The highest BCUT2D eigenvalue weighted by atomic mass is 32.1. The number of hydrogen-bond donors (Lipinski definition) is 3. The number of nitrogens with one attached hydrogen (secondary N) is 1. The molecule has 2 aliphatic rings. The zero-order chi connectivity index (χ0) is 42.4. The molecule has 7 heterocycles. The number of aliphatic hydroxyl groups is 1. The molecule has 9 rings (SSSR count). The first-order chi connectivity index (χ1) is 29.5. The second-order valence-electron chi connectivity index (χ2n) is 16.2. The van der Waals surface area contributed by atoms with Gasteiger partial charge >= 0.3 is 0 Å². The molecule has 14 nitrogen and oxygen atoms in total. The summed E-state index contributed by atoms with van der Waals surface area (Å²) in [6, 6.07) is 19.9. The van der Waals surface area contributed by atoms with E-state index in [0.29, 0.717) is 34.2 Å². The van der Waals surface area contributed by atoms with Crippen LogP contribution in [0.2, 0.25) is 0 Å². The number of hydrogen-bond acceptors (Lipinski definition) is 14. The molecule has 2 amide bonds. The Morgan fingerprint density at radius 3 is 2.46 bits per heavy atom. The van der Waals surface area contributed by atoms with E-state index < -0.39 is 18.1 Å². The topological polar surface area (TPSA) is 184 Å². The Balaban J connectivity index is 0.844. The van der Waals surface area contributed by atoms with E-state index in [4.69, 9.17) is 14.5 Å². The monoisotopic (exact) mass is 855 g/mol. The van der Waals surface area contributed by atoms with E-state index in [9.17, 15) is 19.8 Å². The molecule has 2 fully saturated rings. The fourth-order valence-electron chi connectivity index (χ4n) is 8.37. The summed E-state index contributed by atoms with van der Waals surface area (Å²) in [6.45, 7) is 9.33. The molecule has 312 valence electrons. The molecule has 0 spiro atoms. The quantitative estimate of drug-likeness (QED) is 0.117. The fourth-order valence-corrected chi connectivity index (χ4v) is 10.3. The number of nitrogens with zero attached hydrogens (tertiary/aromatic N) is 8. The van der Waals surface area contributed by atoms with Crippen molar-refractivity contribution in [2.45, 2.75) is 70.6 Å². The molecule has 3 N–H and O–H groups in total. The van der Waals surface area contributed by atoms with Gasteiger partial charge in [0.2, 0.25) is 17.8 Å². The molecule has 2 saturated heterocycles. The minimum absolute atomic E-state index is 0.0443. The number of carbonyl (C=O) groups is 2. The van der Waals surface area contributed by atoms with Crippen LogP contribution in [0.25, 0.3) is 43.2 Å². The number of amides is 2. The maximum atomic E-state index is 14.3. The number of carbonyl (C=O) groups excluding carboxylic acids is 2. The molecular weight excluding hydrogens is 811 g/mol. The second-order valence-corrected chi connectivity index (χ2v) is 18.1. The van der Waals surface area contributed by atoms with Crippen LogP contribution in [0, 0.1) is 12.8 Å². The summed E-state index contributed by atoms with van der Waals surface area (Å²) in [4.78, 5) is 48.6. The number of thiophene rings is 1. The number of rotatable bonds is 11. The van der Waals surface area contributed by atoms with Crippen molar-refractivity contribution in [1.29, 1.82) is 0 Å². The Morgan fingerprint density at radius 2 is 1.72 bits per heavy atom. The summed E-state index contributed by atoms with van der Waals surface area (Å²) < 4.78 is 5.82. The zero-order valence-corrected chi connectivity index (χ0v) is 35.7. The van der Waals surface area contributed by atoms with Crippen LogP contribution < -0.4 is 10.2 Å². The van der Waals surface area contributed by atoms with Crippen LogP contribution in [-0.4, -0.2) is 89.0 Å². The van der Waals surface area contributed by atoms with Crippen molar-refractivity contribution in [3.05, 3.63) is 107 Å². The number of aryl methyl sites for hydroxylation is 1. The number of thiazole rings is 1. The lowest BCUT2D eigenvalue weighted by Gasteiger charge is -2.29. The molecule has 7 aromatic rings. The Hall–Kier alpha value is -6.10. The van der Waals surface area contributed by atoms with Crippen molar-refractivity contribution in [3.63, 3.8) is 0 Å². The molecule has 2 aromatic carbocycles. The number of β-amino-alcohol motifs (C(OH)–C–C–N with tert-alkyl or cyclic N) is 1. The van der Waals surface area contributed by atoms with Crippen LogP contribution in [0.4, 0.5) is 5.95 Å². The van der Waals surface area contributed by atoms with E-state index in [1.165, 1.54) is 9.78 Å². The van der Waals surface area contributed by atoms with Crippen LogP contribution in [0.5, 0.6) is 5.75 Å². The predicted molar refractivity (Wildman–Crippen MR) is 234 cm³/mol. The summed E-state index contributed by atoms with van der Waals surface area (Å²) in [5.41, 5.74) is 7.22. The number of para-hydroxylation sites is 1. The summed E-state index contributed by atoms with van der Waals surface area (Å²) >= 11 is 3.22. The Labute approximate surface area is 360 Å². The lowest BCUT2D eigenvalue weighted by Crippen LogP contribution is -2.48. The number of phenolic OH excluding ortho intramolecular Hbond substituents is 1. The first-order valence-corrected chi connectivity index (χ1v) is 22.1. The number of aromatic hydroxyl groups is 1. The summed E-state index contributed by atoms with van der Waals surface area (Å²) in [5.74, 6) is -0.117. The second kappa shape index (κ2) is 16.7. The van der Waals surface area contributed by atoms with Gasteiger partial charge in [-0.15, -0.1) is 32.9 Å². The van der Waals surface area contributed by atoms with Crippen LogP contribution in [-0.2, 0) is 9.59 Å². The highest BCUT2D eigenvalue weighted by molar-refractivity contribution is 7.18. The van der Waals surface area contributed by atoms with Crippen molar-refractivity contribution in [3.8, 4) is 38.7 Å². The third kappa shape index (κ3) is 8.10. The van der Waals surface area contributed by atoms with Crippen molar-refractivity contribution in [2.24, 2.45) is 5.92 Å². The lowest BCUT2D eigenvalue weighted by molar-refractivity contribution is -0.141. The molecule has 0 aliphatic carbocycles. The number of phenols is 1. The summed E-state index contributed by atoms with van der Waals surface area (Å²) in [6.07, 6.45) is 3.67. The third-order valence-electron chi connectivity index (χ3n) is 11.7. The lowest BCUT2D eigenvalue weighted by atomic mass is 9.91. The standard InChI is InChI=1S/C45H45N9O5S2/c1-24(2)40(44(58)54-22-32(55)17-36(54)42(57)49-25(3)27-9-11-28(12-10-27)41-26(4)48-23-60-41)38-18-34(52-59-38)31-19-46-45(47-20-31)53-14-13-29(21-53)39-16-30-15-35(50-51-43(30)61-39)33-7-5-6-8-37(33)56/h5-12,15-16,18-20,23-25,29,32,36,40,55-56H,13-14,17,21-22H2,1-4H3,(H,49,57)/t25?,29-,32-,36+,40?/m1/s1. The Bertz CT molecular complexity index is 2700. The molecule has 0 bridgehead atoms. The van der Waals surface area contributed by atoms with Gasteiger partial charge < -0.3 is 29.9 Å². The molecule has 5 aromatic heterocycles. The fraction of sp³-hybridized carbons (Fsp3) is 0.333. The van der Waals surface area contributed by atoms with Crippen LogP contribution >= 0.6 is 22.7 Å². The van der Waals surface area contributed by atoms with Crippen molar-refractivity contribution >= 4 is 50.7 Å². The van der Waals surface area contributed by atoms with E-state index in [1.807, 2.05) is 75.7 Å². The third-order valence-corrected chi connectivity index (χ3v) is 13.9. The van der Waals surface area contributed by atoms with Gasteiger partial charge in [0.25, 0.3) is 0 Å². The van der Waals surface area contributed by atoms with Crippen molar-refractivity contribution < 1.29 is 24.3 Å². The summed E-state index contributed by atoms with van der Waals surface area (Å²) in [7, 11) is 0. The number of likely N-dealkylation sites (tertiary alicyclic amines) is 1. The molecule has 2 unspecified atom stereocenters. The maximum Gasteiger partial charge on any atom is 0.243 e. The van der Waals surface area contributed by atoms with Crippen molar-refractivity contribution in [2.75, 3.05) is 24.5 Å². The van der Waals surface area contributed by atoms with E-state index in [-0.39, 0.29) is 48.4 Å². The number of benzene rings is 2. The van der Waals surface area contributed by atoms with E-state index in [0.717, 1.165) is 51.4 Å². The Kier molecular flexibility index (Phi) is 11.1. The van der Waals surface area contributed by atoms with Gasteiger partial charge in [0.1, 0.15) is 34.0 Å². The van der Waals surface area contributed by atoms with Crippen molar-refractivity contribution in [1.82, 2.24) is 40.5 Å². The zero-order valence-electron chi connectivity index (χ0n) is 34.1. The van der Waals surface area contributed by atoms with Gasteiger partial charge in [-0.05, 0) is 61.6 Å². The number of anilines is 1. The minimum Gasteiger partial charge on any atom is -0.507 e. The Morgan fingerprint density at radius 1 is 0.934 bits per heavy atom. The molecule has 0 saturated carbocycles. The molecule has 2 aliphatic heterocycles. The predicted octanol–water partition coefficient (Wildman–Crippen LogP) is 7.51. The smallest absolute Gasteiger partial charge is 0.243 e. The van der Waals surface area contributed by atoms with E-state index >= 15 is 0 Å². The molecule has 61 heavy (non-hydrogen) atoms.